The second kappa shape index (κ2) is 8.33. The highest BCUT2D eigenvalue weighted by Gasteiger charge is 2.29. The van der Waals surface area contributed by atoms with Crippen molar-refractivity contribution >= 4 is 22.6 Å². The lowest BCUT2D eigenvalue weighted by atomic mass is 9.88. The monoisotopic (exact) mass is 388 g/mol. The smallest absolute Gasteiger partial charge is 0.225 e. The molecule has 2 fully saturated rings. The number of benzene rings is 1. The van der Waals surface area contributed by atoms with Gasteiger partial charge in [0.1, 0.15) is 11.6 Å². The normalized spacial score (nSPS) is 18.7. The highest BCUT2D eigenvalue weighted by atomic mass is 32.1. The van der Waals surface area contributed by atoms with E-state index in [0.717, 1.165) is 55.5 Å². The maximum Gasteiger partial charge on any atom is 0.225 e. The van der Waals surface area contributed by atoms with Crippen LogP contribution in [0.15, 0.2) is 24.3 Å². The summed E-state index contributed by atoms with van der Waals surface area (Å²) < 4.78 is 17.5. The van der Waals surface area contributed by atoms with Crippen molar-refractivity contribution in [1.29, 1.82) is 0 Å². The van der Waals surface area contributed by atoms with Crippen molar-refractivity contribution in [3.63, 3.8) is 0 Å². The van der Waals surface area contributed by atoms with E-state index in [1.165, 1.54) is 42.9 Å². The topological polar surface area (TPSA) is 49.3 Å². The van der Waals surface area contributed by atoms with Gasteiger partial charge in [-0.05, 0) is 30.5 Å². The van der Waals surface area contributed by atoms with Crippen LogP contribution in [0.4, 0.5) is 9.52 Å². The summed E-state index contributed by atoms with van der Waals surface area (Å²) in [6, 6.07) is 6.47. The van der Waals surface area contributed by atoms with Crippen molar-refractivity contribution in [2.45, 2.75) is 38.5 Å². The summed E-state index contributed by atoms with van der Waals surface area (Å²) in [6.07, 6.45) is 6.38. The second-order valence-electron chi connectivity index (χ2n) is 7.44. The summed E-state index contributed by atoms with van der Waals surface area (Å²) in [5.74, 6) is 1.13. The Bertz CT molecular complexity index is 765. The van der Waals surface area contributed by atoms with Crippen LogP contribution in [0.3, 0.4) is 0 Å². The molecule has 0 radical (unpaired) electrons. The molecule has 0 atom stereocenters. The summed E-state index contributed by atoms with van der Waals surface area (Å²) in [5.41, 5.74) is 1.00. The fourth-order valence-corrected chi connectivity index (χ4v) is 4.69. The molecule has 7 heteroatoms. The third kappa shape index (κ3) is 4.46. The van der Waals surface area contributed by atoms with E-state index in [9.17, 15) is 9.18 Å². The first-order valence-corrected chi connectivity index (χ1v) is 10.6. The predicted octanol–water partition coefficient (Wildman–Crippen LogP) is 3.50. The van der Waals surface area contributed by atoms with Crippen LogP contribution in [-0.4, -0.2) is 46.3 Å². The Balaban J connectivity index is 1.31. The first-order chi connectivity index (χ1) is 13.2. The standard InChI is InChI=1S/C20H25FN4OS/c21-17-8-6-15(7-9-17)14-18-22-20(27-23-18)25-12-10-24(11-13-25)19(26)16-4-2-1-3-5-16/h6-9,16H,1-5,10-14H2. The van der Waals surface area contributed by atoms with E-state index in [2.05, 4.69) is 14.3 Å². The Labute approximate surface area is 163 Å². The minimum absolute atomic E-state index is 0.230. The van der Waals surface area contributed by atoms with E-state index in [-0.39, 0.29) is 11.7 Å². The minimum Gasteiger partial charge on any atom is -0.343 e. The van der Waals surface area contributed by atoms with Crippen LogP contribution >= 0.6 is 11.5 Å². The SMILES string of the molecule is O=C(C1CCCCC1)N1CCN(c2nc(Cc3ccc(F)cc3)ns2)CC1. The lowest BCUT2D eigenvalue weighted by Crippen LogP contribution is -2.50. The van der Waals surface area contributed by atoms with Crippen LogP contribution in [0.1, 0.15) is 43.5 Å². The Morgan fingerprint density at radius 3 is 2.48 bits per heavy atom. The molecule has 1 aliphatic heterocycles. The van der Waals surface area contributed by atoms with Gasteiger partial charge in [0.05, 0.1) is 0 Å². The zero-order valence-electron chi connectivity index (χ0n) is 15.4. The summed E-state index contributed by atoms with van der Waals surface area (Å²) in [7, 11) is 0. The first kappa shape index (κ1) is 18.3. The van der Waals surface area contributed by atoms with Crippen molar-refractivity contribution in [1.82, 2.24) is 14.3 Å². The molecule has 2 aromatic rings. The number of carbonyl (C=O) groups excluding carboxylic acids is 1. The molecule has 0 spiro atoms. The van der Waals surface area contributed by atoms with E-state index in [4.69, 9.17) is 0 Å². The largest absolute Gasteiger partial charge is 0.343 e. The van der Waals surface area contributed by atoms with Crippen LogP contribution in [0.5, 0.6) is 0 Å². The summed E-state index contributed by atoms with van der Waals surface area (Å²) >= 11 is 1.40. The van der Waals surface area contributed by atoms with E-state index >= 15 is 0 Å². The quantitative estimate of drug-likeness (QED) is 0.804. The lowest BCUT2D eigenvalue weighted by molar-refractivity contribution is -0.136. The van der Waals surface area contributed by atoms with Crippen molar-refractivity contribution in [3.8, 4) is 0 Å². The van der Waals surface area contributed by atoms with E-state index in [1.54, 1.807) is 12.1 Å². The number of hydrogen-bond donors (Lipinski definition) is 0. The lowest BCUT2D eigenvalue weighted by Gasteiger charge is -2.36. The third-order valence-electron chi connectivity index (χ3n) is 5.55. The van der Waals surface area contributed by atoms with Gasteiger partial charge in [0.15, 0.2) is 0 Å². The van der Waals surface area contributed by atoms with E-state index in [1.807, 2.05) is 4.90 Å². The van der Waals surface area contributed by atoms with Gasteiger partial charge in [0.2, 0.25) is 11.0 Å². The fourth-order valence-electron chi connectivity index (χ4n) is 3.96. The molecule has 5 nitrogen and oxygen atoms in total. The van der Waals surface area contributed by atoms with Gasteiger partial charge in [0, 0.05) is 50.1 Å². The van der Waals surface area contributed by atoms with Crippen LogP contribution in [0.2, 0.25) is 0 Å². The highest BCUT2D eigenvalue weighted by Crippen LogP contribution is 2.27. The predicted molar refractivity (Wildman–Crippen MR) is 104 cm³/mol. The number of halogens is 1. The summed E-state index contributed by atoms with van der Waals surface area (Å²) in [4.78, 5) is 21.6. The molecule has 1 saturated heterocycles. The van der Waals surface area contributed by atoms with Gasteiger partial charge in [-0.25, -0.2) is 9.37 Å². The van der Waals surface area contributed by atoms with Gasteiger partial charge < -0.3 is 9.80 Å². The Hall–Kier alpha value is -2.02. The number of hydrogen-bond acceptors (Lipinski definition) is 5. The van der Waals surface area contributed by atoms with Crippen LogP contribution < -0.4 is 4.90 Å². The van der Waals surface area contributed by atoms with Crippen molar-refractivity contribution < 1.29 is 9.18 Å². The molecule has 4 rings (SSSR count). The number of nitrogens with zero attached hydrogens (tertiary/aromatic N) is 4. The molecule has 27 heavy (non-hydrogen) atoms. The Kier molecular flexibility index (Phi) is 5.66. The van der Waals surface area contributed by atoms with Crippen molar-refractivity contribution in [3.05, 3.63) is 41.5 Å². The van der Waals surface area contributed by atoms with Gasteiger partial charge in [-0.2, -0.15) is 4.37 Å². The molecular formula is C20H25FN4OS. The molecule has 1 amide bonds. The molecule has 0 bridgehead atoms. The van der Waals surface area contributed by atoms with E-state index < -0.39 is 0 Å². The number of amides is 1. The number of anilines is 1. The minimum atomic E-state index is -0.230. The maximum absolute atomic E-state index is 13.0. The maximum atomic E-state index is 13.0. The van der Waals surface area contributed by atoms with Gasteiger partial charge in [0.25, 0.3) is 0 Å². The number of rotatable bonds is 4. The van der Waals surface area contributed by atoms with Gasteiger partial charge in [-0.15, -0.1) is 0 Å². The Morgan fingerprint density at radius 1 is 1.07 bits per heavy atom. The van der Waals surface area contributed by atoms with Crippen molar-refractivity contribution in [2.75, 3.05) is 31.1 Å². The number of aromatic nitrogens is 2. The molecule has 1 aromatic heterocycles. The average Bonchev–Trinajstić information content (AvgIpc) is 3.18. The summed E-state index contributed by atoms with van der Waals surface area (Å²) in [5, 5.41) is 0.914. The van der Waals surface area contributed by atoms with Crippen LogP contribution in [-0.2, 0) is 11.2 Å². The highest BCUT2D eigenvalue weighted by molar-refractivity contribution is 7.09. The zero-order valence-corrected chi connectivity index (χ0v) is 16.3. The van der Waals surface area contributed by atoms with Crippen molar-refractivity contribution in [2.24, 2.45) is 5.92 Å². The molecule has 1 aromatic carbocycles. The first-order valence-electron chi connectivity index (χ1n) is 9.80. The number of carbonyl (C=O) groups is 1. The van der Waals surface area contributed by atoms with Gasteiger partial charge in [-0.1, -0.05) is 31.4 Å². The molecular weight excluding hydrogens is 363 g/mol. The molecule has 2 heterocycles. The van der Waals surface area contributed by atoms with E-state index in [0.29, 0.717) is 12.3 Å². The Morgan fingerprint density at radius 2 is 1.78 bits per heavy atom. The zero-order chi connectivity index (χ0) is 18.6. The summed E-state index contributed by atoms with van der Waals surface area (Å²) in [6.45, 7) is 3.15. The fraction of sp³-hybridized carbons (Fsp3) is 0.550. The molecule has 1 saturated carbocycles. The van der Waals surface area contributed by atoms with Crippen LogP contribution in [0, 0.1) is 11.7 Å². The third-order valence-corrected chi connectivity index (χ3v) is 6.36. The molecule has 1 aliphatic carbocycles. The molecule has 144 valence electrons. The molecule has 0 unspecified atom stereocenters. The molecule has 2 aliphatic rings. The van der Waals surface area contributed by atoms with Gasteiger partial charge in [-0.3, -0.25) is 4.79 Å². The second-order valence-corrected chi connectivity index (χ2v) is 8.17. The van der Waals surface area contributed by atoms with Crippen LogP contribution in [0.25, 0.3) is 0 Å². The average molecular weight is 389 g/mol. The van der Waals surface area contributed by atoms with Gasteiger partial charge >= 0.3 is 0 Å². The molecule has 0 N–H and O–H groups in total. The number of piperazine rings is 1.